The van der Waals surface area contributed by atoms with Crippen LogP contribution < -0.4 is 5.32 Å². The number of hydrogen-bond donors (Lipinski definition) is 1. The van der Waals surface area contributed by atoms with E-state index in [2.05, 4.69) is 21.2 Å². The molecule has 0 saturated heterocycles. The van der Waals surface area contributed by atoms with E-state index in [1.165, 1.54) is 12.1 Å². The molecule has 0 radical (unpaired) electrons. The van der Waals surface area contributed by atoms with E-state index >= 15 is 0 Å². The lowest BCUT2D eigenvalue weighted by Crippen LogP contribution is -2.43. The second-order valence-corrected chi connectivity index (χ2v) is 11.1. The quantitative estimate of drug-likeness (QED) is 0.655. The Morgan fingerprint density at radius 3 is 2.47 bits per heavy atom. The molecule has 0 aliphatic carbocycles. The van der Waals surface area contributed by atoms with Crippen LogP contribution in [0.15, 0.2) is 51.8 Å². The fourth-order valence-corrected chi connectivity index (χ4v) is 5.34. The Bertz CT molecular complexity index is 1030. The zero-order chi connectivity index (χ0) is 22.1. The third kappa shape index (κ3) is 5.04. The van der Waals surface area contributed by atoms with Crippen molar-refractivity contribution in [3.05, 3.63) is 63.6 Å². The lowest BCUT2D eigenvalue weighted by atomic mass is 9.99. The van der Waals surface area contributed by atoms with E-state index in [-0.39, 0.29) is 4.90 Å². The van der Waals surface area contributed by atoms with Crippen molar-refractivity contribution in [2.24, 2.45) is 0 Å². The number of aryl methyl sites for hydroxylation is 1. The van der Waals surface area contributed by atoms with Gasteiger partial charge in [0.25, 0.3) is 10.0 Å². The first-order valence-corrected chi connectivity index (χ1v) is 12.1. The van der Waals surface area contributed by atoms with Crippen LogP contribution in [0.4, 0.5) is 4.79 Å². The molecule has 162 valence electrons. The second-order valence-electron chi connectivity index (χ2n) is 8.42. The van der Waals surface area contributed by atoms with Gasteiger partial charge < -0.3 is 10.1 Å². The van der Waals surface area contributed by atoms with Gasteiger partial charge in [0, 0.05) is 11.0 Å². The number of sulfonamides is 1. The van der Waals surface area contributed by atoms with Gasteiger partial charge in [0.15, 0.2) is 0 Å². The van der Waals surface area contributed by atoms with Gasteiger partial charge in [-0.05, 0) is 76.1 Å². The van der Waals surface area contributed by atoms with Crippen LogP contribution in [0.5, 0.6) is 0 Å². The number of ether oxygens (including phenoxy) is 1. The van der Waals surface area contributed by atoms with E-state index in [1.54, 1.807) is 32.9 Å². The van der Waals surface area contributed by atoms with Gasteiger partial charge in [0.2, 0.25) is 0 Å². The van der Waals surface area contributed by atoms with Gasteiger partial charge in [-0.1, -0.05) is 39.7 Å². The number of rotatable bonds is 3. The highest BCUT2D eigenvalue weighted by atomic mass is 79.9. The molecule has 1 aliphatic rings. The van der Waals surface area contributed by atoms with Gasteiger partial charge in [-0.15, -0.1) is 0 Å². The number of carbonyl (C=O) groups excluding carboxylic acids is 1. The number of amides is 1. The van der Waals surface area contributed by atoms with Crippen LogP contribution >= 0.6 is 15.9 Å². The topological polar surface area (TPSA) is 75.7 Å². The Hall–Kier alpha value is -1.90. The molecule has 1 unspecified atom stereocenters. The molecule has 0 aromatic heterocycles. The number of carbonyl (C=O) groups is 1. The van der Waals surface area contributed by atoms with E-state index in [4.69, 9.17) is 4.74 Å². The van der Waals surface area contributed by atoms with Crippen molar-refractivity contribution in [3.63, 3.8) is 0 Å². The molecule has 1 N–H and O–H groups in total. The minimum absolute atomic E-state index is 0.0647. The van der Waals surface area contributed by atoms with E-state index in [9.17, 15) is 13.2 Å². The molecule has 0 spiro atoms. The average Bonchev–Trinajstić information content (AvgIpc) is 2.82. The number of halogens is 1. The van der Waals surface area contributed by atoms with E-state index in [1.807, 2.05) is 25.1 Å². The van der Waals surface area contributed by atoms with E-state index < -0.39 is 27.8 Å². The highest BCUT2D eigenvalue weighted by molar-refractivity contribution is 9.10. The maximum atomic E-state index is 13.7. The summed E-state index contributed by atoms with van der Waals surface area (Å²) in [6.07, 6.45) is -0.428. The Morgan fingerprint density at radius 2 is 1.83 bits per heavy atom. The largest absolute Gasteiger partial charge is 0.443 e. The molecule has 1 aliphatic heterocycles. The third-order valence-electron chi connectivity index (χ3n) is 4.81. The average molecular weight is 495 g/mol. The van der Waals surface area contributed by atoms with Crippen LogP contribution in [-0.4, -0.2) is 31.0 Å². The number of nitrogens with zero attached hydrogens (tertiary/aromatic N) is 1. The first-order valence-electron chi connectivity index (χ1n) is 9.82. The van der Waals surface area contributed by atoms with Gasteiger partial charge in [0.05, 0.1) is 10.9 Å². The number of fused-ring (bicyclic) bond motifs is 1. The normalized spacial score (nSPS) is 17.0. The predicted octanol–water partition coefficient (Wildman–Crippen LogP) is 4.92. The maximum absolute atomic E-state index is 13.7. The molecule has 8 heteroatoms. The molecule has 2 aromatic rings. The minimum atomic E-state index is -4.14. The van der Waals surface area contributed by atoms with Crippen LogP contribution in [0.25, 0.3) is 0 Å². The molecule has 6 nitrogen and oxygen atoms in total. The summed E-state index contributed by atoms with van der Waals surface area (Å²) in [5.41, 5.74) is 1.85. The minimum Gasteiger partial charge on any atom is -0.443 e. The first kappa shape index (κ1) is 22.8. The van der Waals surface area contributed by atoms with Crippen molar-refractivity contribution in [1.82, 2.24) is 9.62 Å². The molecular formula is C22H27BrN2O4S. The predicted molar refractivity (Wildman–Crippen MR) is 120 cm³/mol. The molecule has 0 bridgehead atoms. The monoisotopic (exact) mass is 494 g/mol. The maximum Gasteiger partial charge on any atom is 0.424 e. The van der Waals surface area contributed by atoms with Crippen LogP contribution in [0.2, 0.25) is 0 Å². The Kier molecular flexibility index (Phi) is 6.60. The van der Waals surface area contributed by atoms with Crippen molar-refractivity contribution in [1.29, 1.82) is 0 Å². The zero-order valence-corrected chi connectivity index (χ0v) is 20.0. The second kappa shape index (κ2) is 8.69. The highest BCUT2D eigenvalue weighted by Gasteiger charge is 2.40. The first-order chi connectivity index (χ1) is 14.0. The molecule has 3 rings (SSSR count). The summed E-state index contributed by atoms with van der Waals surface area (Å²) in [4.78, 5) is 13.3. The number of nitrogens with one attached hydrogen (secondary N) is 1. The summed E-state index contributed by atoms with van der Waals surface area (Å²) >= 11 is 3.47. The number of benzene rings is 2. The van der Waals surface area contributed by atoms with E-state index in [0.717, 1.165) is 25.5 Å². The van der Waals surface area contributed by atoms with Crippen molar-refractivity contribution in [2.45, 2.75) is 57.2 Å². The molecule has 0 saturated carbocycles. The summed E-state index contributed by atoms with van der Waals surface area (Å²) in [5.74, 6) is 0. The Morgan fingerprint density at radius 1 is 1.17 bits per heavy atom. The van der Waals surface area contributed by atoms with Crippen molar-refractivity contribution < 1.29 is 17.9 Å². The lowest BCUT2D eigenvalue weighted by molar-refractivity contribution is 0.0332. The summed E-state index contributed by atoms with van der Waals surface area (Å²) < 4.78 is 34.7. The molecular weight excluding hydrogens is 468 g/mol. The van der Waals surface area contributed by atoms with Crippen LogP contribution in [-0.2, 0) is 21.3 Å². The third-order valence-corrected chi connectivity index (χ3v) is 7.09. The summed E-state index contributed by atoms with van der Waals surface area (Å²) in [5, 5.41) is 3.31. The van der Waals surface area contributed by atoms with Crippen molar-refractivity contribution >= 4 is 32.0 Å². The smallest absolute Gasteiger partial charge is 0.424 e. The molecule has 1 atom stereocenters. The van der Waals surface area contributed by atoms with Gasteiger partial charge >= 0.3 is 6.09 Å². The van der Waals surface area contributed by atoms with Crippen LogP contribution in [0, 0.1) is 6.92 Å². The summed E-state index contributed by atoms with van der Waals surface area (Å²) in [7, 11) is -4.14. The van der Waals surface area contributed by atoms with Crippen LogP contribution in [0.3, 0.4) is 0 Å². The van der Waals surface area contributed by atoms with Gasteiger partial charge in [-0.3, -0.25) is 0 Å². The Balaban J connectivity index is 2.15. The fraction of sp³-hybridized carbons (Fsp3) is 0.409. The van der Waals surface area contributed by atoms with Gasteiger partial charge in [-0.25, -0.2) is 13.2 Å². The molecule has 2 aromatic carbocycles. The SMILES string of the molecule is Cc1ccc(S(=O)(=O)N(C(=O)OC(C)(C)C)C2CCNCc3cc(Br)ccc32)cc1. The van der Waals surface area contributed by atoms with Gasteiger partial charge in [-0.2, -0.15) is 4.31 Å². The zero-order valence-electron chi connectivity index (χ0n) is 17.6. The summed E-state index contributed by atoms with van der Waals surface area (Å²) in [6, 6.07) is 11.5. The highest BCUT2D eigenvalue weighted by Crippen LogP contribution is 2.36. The van der Waals surface area contributed by atoms with Crippen molar-refractivity contribution in [2.75, 3.05) is 6.54 Å². The van der Waals surface area contributed by atoms with E-state index in [0.29, 0.717) is 19.5 Å². The molecule has 30 heavy (non-hydrogen) atoms. The van der Waals surface area contributed by atoms with Crippen molar-refractivity contribution in [3.8, 4) is 0 Å². The number of hydrogen-bond acceptors (Lipinski definition) is 5. The fourth-order valence-electron chi connectivity index (χ4n) is 3.44. The van der Waals surface area contributed by atoms with Gasteiger partial charge in [0.1, 0.15) is 5.60 Å². The molecule has 0 fully saturated rings. The lowest BCUT2D eigenvalue weighted by Gasteiger charge is -2.33. The summed E-state index contributed by atoms with van der Waals surface area (Å²) in [6.45, 7) is 8.22. The Labute approximate surface area is 186 Å². The standard InChI is InChI=1S/C22H27BrN2O4S/c1-15-5-8-18(9-6-15)30(27,28)25(21(26)29-22(2,3)4)20-11-12-24-14-16-13-17(23)7-10-19(16)20/h5-10,13,20,24H,11-12,14H2,1-4H3. The molecule has 1 amide bonds. The van der Waals surface area contributed by atoms with Crippen LogP contribution in [0.1, 0.15) is 49.9 Å². The molecule has 1 heterocycles.